The Hall–Kier alpha value is -3.61. The Labute approximate surface area is 276 Å². The molecule has 0 radical (unpaired) electrons. The number of methoxy groups -OCH3 is 1. The SMILES string of the molecule is CC.CCF.CC[C@@H]1[C@@H]2CN(C(=O)[C@H](CC)NC(=O)O[C@@H]3C[C@H]3CCCCC(F)c3nc4ccc(OC)cc4nc3O2)[C@@H]1C(=O)CN. The van der Waals surface area contributed by atoms with Crippen molar-refractivity contribution in [2.45, 2.75) is 110 Å². The minimum Gasteiger partial charge on any atom is -0.497 e. The van der Waals surface area contributed by atoms with Crippen molar-refractivity contribution in [2.75, 3.05) is 26.9 Å². The van der Waals surface area contributed by atoms with Crippen molar-refractivity contribution in [3.63, 3.8) is 0 Å². The van der Waals surface area contributed by atoms with Crippen LogP contribution in [0.4, 0.5) is 13.6 Å². The molecule has 3 aliphatic rings. The second kappa shape index (κ2) is 18.1. The van der Waals surface area contributed by atoms with Crippen LogP contribution in [0.15, 0.2) is 18.2 Å². The van der Waals surface area contributed by atoms with E-state index in [1.165, 1.54) is 11.8 Å². The highest BCUT2D eigenvalue weighted by molar-refractivity contribution is 5.94. The average molecular weight is 664 g/mol. The normalized spacial score (nSPS) is 27.5. The number of Topliss-reactive ketones (excluding diaryl/α,β-unsaturated/α-hetero) is 1. The van der Waals surface area contributed by atoms with Gasteiger partial charge in [0.05, 0.1) is 43.9 Å². The van der Waals surface area contributed by atoms with Crippen molar-refractivity contribution in [2.24, 2.45) is 17.6 Å². The molecule has 2 bridgehead atoms. The second-order valence-electron chi connectivity index (χ2n) is 11.7. The summed E-state index contributed by atoms with van der Waals surface area (Å²) in [4.78, 5) is 50.4. The molecule has 13 heteroatoms. The molecular formula is C34H51F2N5O6. The maximum atomic E-state index is 15.9. The van der Waals surface area contributed by atoms with Gasteiger partial charge in [-0.15, -0.1) is 0 Å². The van der Waals surface area contributed by atoms with Crippen molar-refractivity contribution >= 4 is 28.8 Å². The van der Waals surface area contributed by atoms with Crippen LogP contribution < -0.4 is 20.5 Å². The first kappa shape index (κ1) is 37.8. The Morgan fingerprint density at radius 2 is 1.77 bits per heavy atom. The summed E-state index contributed by atoms with van der Waals surface area (Å²) in [5.74, 6) is -0.342. The number of alkyl halides is 2. The molecule has 2 amide bonds. The summed E-state index contributed by atoms with van der Waals surface area (Å²) in [7, 11) is 1.55. The Morgan fingerprint density at radius 3 is 2.40 bits per heavy atom. The van der Waals surface area contributed by atoms with Crippen molar-refractivity contribution in [1.29, 1.82) is 0 Å². The summed E-state index contributed by atoms with van der Waals surface area (Å²) < 4.78 is 43.5. The van der Waals surface area contributed by atoms with E-state index in [1.807, 2.05) is 20.8 Å². The van der Waals surface area contributed by atoms with E-state index >= 15 is 4.39 Å². The van der Waals surface area contributed by atoms with Gasteiger partial charge in [-0.05, 0) is 57.1 Å². The van der Waals surface area contributed by atoms with Crippen molar-refractivity contribution < 1.29 is 37.4 Å². The Kier molecular flexibility index (Phi) is 14.6. The van der Waals surface area contributed by atoms with E-state index in [0.29, 0.717) is 36.0 Å². The number of halogens is 2. The third-order valence-electron chi connectivity index (χ3n) is 8.70. The van der Waals surface area contributed by atoms with Gasteiger partial charge in [0.25, 0.3) is 0 Å². The van der Waals surface area contributed by atoms with E-state index < -0.39 is 42.3 Å². The van der Waals surface area contributed by atoms with E-state index in [2.05, 4.69) is 15.3 Å². The van der Waals surface area contributed by atoms with Crippen LogP contribution in [0.3, 0.4) is 0 Å². The van der Waals surface area contributed by atoms with Gasteiger partial charge in [-0.3, -0.25) is 14.0 Å². The minimum absolute atomic E-state index is 0.0390. The van der Waals surface area contributed by atoms with Crippen molar-refractivity contribution in [1.82, 2.24) is 20.2 Å². The van der Waals surface area contributed by atoms with Crippen molar-refractivity contribution in [3.8, 4) is 11.6 Å². The number of rotatable bonds is 5. The van der Waals surface area contributed by atoms with Gasteiger partial charge in [-0.2, -0.15) is 0 Å². The van der Waals surface area contributed by atoms with Gasteiger partial charge in [-0.1, -0.05) is 40.5 Å². The average Bonchev–Trinajstić information content (AvgIpc) is 3.71. The summed E-state index contributed by atoms with van der Waals surface area (Å²) in [6, 6.07) is 3.42. The quantitative estimate of drug-likeness (QED) is 0.416. The van der Waals surface area contributed by atoms with Gasteiger partial charge >= 0.3 is 6.09 Å². The van der Waals surface area contributed by atoms with Gasteiger partial charge in [0.1, 0.15) is 35.9 Å². The molecule has 1 unspecified atom stereocenters. The maximum absolute atomic E-state index is 15.9. The van der Waals surface area contributed by atoms with Crippen LogP contribution >= 0.6 is 0 Å². The molecule has 0 spiro atoms. The van der Waals surface area contributed by atoms with E-state index in [1.54, 1.807) is 32.2 Å². The molecule has 11 nitrogen and oxygen atoms in total. The molecule has 1 aromatic heterocycles. The summed E-state index contributed by atoms with van der Waals surface area (Å²) in [5.41, 5.74) is 6.87. The number of fused-ring (bicyclic) bond motifs is 5. The molecule has 7 atom stereocenters. The second-order valence-corrected chi connectivity index (χ2v) is 11.7. The van der Waals surface area contributed by atoms with E-state index in [0.717, 1.165) is 19.3 Å². The predicted octanol–water partition coefficient (Wildman–Crippen LogP) is 5.63. The predicted molar refractivity (Wildman–Crippen MR) is 175 cm³/mol. The molecule has 3 heterocycles. The van der Waals surface area contributed by atoms with Gasteiger partial charge in [0, 0.05) is 12.0 Å². The number of carbonyl (C=O) groups is 3. The molecule has 47 heavy (non-hydrogen) atoms. The van der Waals surface area contributed by atoms with Crippen LogP contribution in [0.1, 0.15) is 91.4 Å². The molecule has 2 fully saturated rings. The number of aromatic nitrogens is 2. The number of ketones is 1. The zero-order valence-corrected chi connectivity index (χ0v) is 28.5. The summed E-state index contributed by atoms with van der Waals surface area (Å²) in [6.45, 7) is 8.67. The smallest absolute Gasteiger partial charge is 0.408 e. The molecule has 2 aliphatic heterocycles. The van der Waals surface area contributed by atoms with Crippen LogP contribution in [0.5, 0.6) is 11.6 Å². The van der Waals surface area contributed by atoms with E-state index in [4.69, 9.17) is 19.9 Å². The van der Waals surface area contributed by atoms with Gasteiger partial charge in [0.2, 0.25) is 11.8 Å². The number of ether oxygens (including phenoxy) is 3. The lowest BCUT2D eigenvalue weighted by Crippen LogP contribution is -2.53. The first-order chi connectivity index (χ1) is 22.7. The molecule has 1 saturated carbocycles. The van der Waals surface area contributed by atoms with Gasteiger partial charge < -0.3 is 30.2 Å². The Bertz CT molecular complexity index is 1350. The molecular weight excluding hydrogens is 612 g/mol. The number of nitrogens with one attached hydrogen (secondary N) is 1. The molecule has 5 rings (SSSR count). The lowest BCUT2D eigenvalue weighted by Gasteiger charge is -2.29. The highest BCUT2D eigenvalue weighted by Gasteiger charge is 2.49. The van der Waals surface area contributed by atoms with Crippen LogP contribution in [-0.4, -0.2) is 83.8 Å². The fraction of sp³-hybridized carbons (Fsp3) is 0.676. The fourth-order valence-corrected chi connectivity index (χ4v) is 6.23. The zero-order valence-electron chi connectivity index (χ0n) is 28.5. The monoisotopic (exact) mass is 663 g/mol. The number of benzene rings is 1. The molecule has 1 aliphatic carbocycles. The van der Waals surface area contributed by atoms with Gasteiger partial charge in [-0.25, -0.2) is 19.2 Å². The van der Waals surface area contributed by atoms with Crippen LogP contribution in [0.2, 0.25) is 0 Å². The zero-order chi connectivity index (χ0) is 34.7. The Morgan fingerprint density at radius 1 is 1.06 bits per heavy atom. The molecule has 1 aromatic carbocycles. The first-order valence-electron chi connectivity index (χ1n) is 16.9. The number of nitrogens with zero attached hydrogens (tertiary/aromatic N) is 3. The number of carbonyl (C=O) groups excluding carboxylic acids is 3. The largest absolute Gasteiger partial charge is 0.497 e. The maximum Gasteiger partial charge on any atom is 0.408 e. The molecule has 1 saturated heterocycles. The number of hydrogen-bond donors (Lipinski definition) is 2. The van der Waals surface area contributed by atoms with Crippen molar-refractivity contribution in [3.05, 3.63) is 23.9 Å². The van der Waals surface area contributed by atoms with Crippen LogP contribution in [-0.2, 0) is 14.3 Å². The van der Waals surface area contributed by atoms with E-state index in [-0.39, 0.29) is 55.6 Å². The third kappa shape index (κ3) is 9.27. The molecule has 3 N–H and O–H groups in total. The van der Waals surface area contributed by atoms with E-state index in [9.17, 15) is 18.8 Å². The highest BCUT2D eigenvalue weighted by Crippen LogP contribution is 2.40. The van der Waals surface area contributed by atoms with Gasteiger partial charge in [0.15, 0.2) is 5.78 Å². The number of nitrogens with two attached hydrogens (primary N) is 1. The third-order valence-corrected chi connectivity index (χ3v) is 8.70. The van der Waals surface area contributed by atoms with Crippen LogP contribution in [0.25, 0.3) is 11.0 Å². The fourth-order valence-electron chi connectivity index (χ4n) is 6.23. The summed E-state index contributed by atoms with van der Waals surface area (Å²) >= 11 is 0. The Balaban J connectivity index is 0.00000114. The molecule has 2 aromatic rings. The summed E-state index contributed by atoms with van der Waals surface area (Å²) in [6.07, 6.45) is 0.982. The standard InChI is InChI=1S/C30H40FN5O6.C2H5F.C2H6/c1-4-18-25-15-36(27(18)23(37)14-32)29(38)20(5-2)35-30(39)42-24-12-16(24)8-6-7-9-19(31)26-28(41-25)34-22-13-17(40-3)10-11-21(22)33-26;1-2-3;1-2/h10-11,13,16,18-20,24-25,27H,4-9,12,14-15,32H2,1-3H3,(H,35,39);2H2,1H3;1-2H3/t16-,18-,19?,20+,24-,25+,27+;;/m1../s1. The summed E-state index contributed by atoms with van der Waals surface area (Å²) in [5, 5.41) is 2.70. The lowest BCUT2D eigenvalue weighted by atomic mass is 9.92. The highest BCUT2D eigenvalue weighted by atomic mass is 19.1. The van der Waals surface area contributed by atoms with Crippen LogP contribution in [0, 0.1) is 11.8 Å². The minimum atomic E-state index is -1.43. The first-order valence-corrected chi connectivity index (χ1v) is 16.9. The number of alkyl carbamates (subject to hydrolysis) is 1. The molecule has 262 valence electrons. The number of hydrogen-bond acceptors (Lipinski definition) is 9. The number of amides is 2. The topological polar surface area (TPSA) is 146 Å². The lowest BCUT2D eigenvalue weighted by molar-refractivity contribution is -0.139.